The van der Waals surface area contributed by atoms with E-state index in [1.807, 2.05) is 0 Å². The molecule has 1 aliphatic heterocycles. The molecule has 27 heavy (non-hydrogen) atoms. The molecule has 0 unspecified atom stereocenters. The summed E-state index contributed by atoms with van der Waals surface area (Å²) in [5.41, 5.74) is 3.87. The van der Waals surface area contributed by atoms with Crippen molar-refractivity contribution in [3.8, 4) is 29.4 Å². The molecule has 2 aliphatic rings. The molecule has 1 saturated carbocycles. The van der Waals surface area contributed by atoms with Crippen LogP contribution in [-0.4, -0.2) is 47.3 Å². The van der Waals surface area contributed by atoms with Crippen molar-refractivity contribution in [2.24, 2.45) is 21.6 Å². The lowest BCUT2D eigenvalue weighted by Crippen LogP contribution is -2.41. The Kier molecular flexibility index (Phi) is 4.18. The van der Waals surface area contributed by atoms with Gasteiger partial charge in [-0.3, -0.25) is 0 Å². The van der Waals surface area contributed by atoms with Crippen molar-refractivity contribution in [1.82, 2.24) is 0 Å². The molecule has 1 aromatic rings. The van der Waals surface area contributed by atoms with Crippen LogP contribution in [0, 0.1) is 33.5 Å². The van der Waals surface area contributed by atoms with Gasteiger partial charge in [0, 0.05) is 20.1 Å². The van der Waals surface area contributed by atoms with E-state index in [0.717, 1.165) is 0 Å². The van der Waals surface area contributed by atoms with Crippen LogP contribution in [0.4, 0.5) is 0 Å². The van der Waals surface area contributed by atoms with Gasteiger partial charge in [-0.1, -0.05) is 0 Å². The molecule has 0 saturated heterocycles. The van der Waals surface area contributed by atoms with Gasteiger partial charge >= 0.3 is 0 Å². The van der Waals surface area contributed by atoms with Crippen LogP contribution in [0.3, 0.4) is 0 Å². The topological polar surface area (TPSA) is 132 Å². The molecular weight excluding hydrogens is 352 g/mol. The molecule has 0 amide bonds. The molecule has 1 aromatic carbocycles. The second-order valence-corrected chi connectivity index (χ2v) is 6.22. The van der Waals surface area contributed by atoms with E-state index in [4.69, 9.17) is 29.4 Å². The predicted molar refractivity (Wildman–Crippen MR) is 93.3 cm³/mol. The van der Waals surface area contributed by atoms with Gasteiger partial charge in [0.05, 0.1) is 33.5 Å². The smallest absolute Gasteiger partial charge is 0.292 e. The zero-order chi connectivity index (χ0) is 20.0. The standard InChI is InChI=1S/C18H20N4O5/c1-23-11-6-10(7-12(24-2)13(11)25-3)14-16(8-19)15(21)22-18(26-4,27-5)17(14,16)9-20/h6-7,14H,1-5H3,(H2,21,22)/t14-,16-,17-/m1/s1. The van der Waals surface area contributed by atoms with Crippen LogP contribution in [0.5, 0.6) is 17.2 Å². The minimum Gasteiger partial charge on any atom is -0.493 e. The molecule has 142 valence electrons. The highest BCUT2D eigenvalue weighted by Gasteiger charge is 2.93. The molecule has 3 rings (SSSR count). The second kappa shape index (κ2) is 6.02. The van der Waals surface area contributed by atoms with Gasteiger partial charge in [0.25, 0.3) is 5.91 Å². The normalized spacial score (nSPS) is 29.7. The lowest BCUT2D eigenvalue weighted by molar-refractivity contribution is -0.230. The number of fused-ring (bicyclic) bond motifs is 1. The molecular formula is C18H20N4O5. The van der Waals surface area contributed by atoms with Crippen molar-refractivity contribution in [3.05, 3.63) is 17.7 Å². The average molecular weight is 372 g/mol. The van der Waals surface area contributed by atoms with Crippen molar-refractivity contribution < 1.29 is 23.7 Å². The number of amidine groups is 1. The molecule has 9 heteroatoms. The minimum absolute atomic E-state index is 0.00555. The molecule has 0 radical (unpaired) electrons. The van der Waals surface area contributed by atoms with Crippen LogP contribution in [-0.2, 0) is 9.47 Å². The molecule has 0 aromatic heterocycles. The van der Waals surface area contributed by atoms with Crippen LogP contribution >= 0.6 is 0 Å². The van der Waals surface area contributed by atoms with Crippen LogP contribution in [0.25, 0.3) is 0 Å². The fourth-order valence-corrected chi connectivity index (χ4v) is 4.29. The number of rotatable bonds is 6. The quantitative estimate of drug-likeness (QED) is 0.735. The molecule has 3 atom stereocenters. The molecule has 2 N–H and O–H groups in total. The maximum absolute atomic E-state index is 10.1. The van der Waals surface area contributed by atoms with Crippen molar-refractivity contribution in [2.45, 2.75) is 11.8 Å². The van der Waals surface area contributed by atoms with E-state index in [2.05, 4.69) is 17.1 Å². The van der Waals surface area contributed by atoms with Gasteiger partial charge in [-0.05, 0) is 17.7 Å². The van der Waals surface area contributed by atoms with Gasteiger partial charge in [0.2, 0.25) is 5.75 Å². The Morgan fingerprint density at radius 2 is 1.52 bits per heavy atom. The Morgan fingerprint density at radius 1 is 0.963 bits per heavy atom. The first-order chi connectivity index (χ1) is 12.9. The van der Waals surface area contributed by atoms with Crippen LogP contribution in [0.2, 0.25) is 0 Å². The number of nitrogens with zero attached hydrogens (tertiary/aromatic N) is 3. The predicted octanol–water partition coefficient (Wildman–Crippen LogP) is 1.15. The van der Waals surface area contributed by atoms with Gasteiger partial charge in [0.1, 0.15) is 11.3 Å². The summed E-state index contributed by atoms with van der Waals surface area (Å²) >= 11 is 0. The number of methoxy groups -OCH3 is 5. The number of aliphatic imine (C=N–C) groups is 1. The highest BCUT2D eigenvalue weighted by molar-refractivity contribution is 6.00. The fourth-order valence-electron chi connectivity index (χ4n) is 4.29. The van der Waals surface area contributed by atoms with E-state index in [-0.39, 0.29) is 5.84 Å². The Hall–Kier alpha value is -3.01. The third-order valence-electron chi connectivity index (χ3n) is 5.50. The number of nitriles is 2. The summed E-state index contributed by atoms with van der Waals surface area (Å²) in [5, 5.41) is 20.1. The van der Waals surface area contributed by atoms with E-state index in [9.17, 15) is 10.5 Å². The molecule has 0 spiro atoms. The summed E-state index contributed by atoms with van der Waals surface area (Å²) < 4.78 is 27.0. The number of nitrogens with two attached hydrogens (primary N) is 1. The lowest BCUT2D eigenvalue weighted by atomic mass is 9.93. The highest BCUT2D eigenvalue weighted by atomic mass is 16.7. The lowest BCUT2D eigenvalue weighted by Gasteiger charge is -2.29. The molecule has 1 heterocycles. The summed E-state index contributed by atoms with van der Waals surface area (Å²) in [6.45, 7) is 0. The van der Waals surface area contributed by atoms with Crippen molar-refractivity contribution in [3.63, 3.8) is 0 Å². The average Bonchev–Trinajstić information content (AvgIpc) is 3.28. The van der Waals surface area contributed by atoms with Crippen LogP contribution < -0.4 is 19.9 Å². The summed E-state index contributed by atoms with van der Waals surface area (Å²) in [6.07, 6.45) is 0. The number of benzene rings is 1. The SMILES string of the molecule is COc1cc([C@@H]2[C@]3(C#N)C(N)=NC(OC)(OC)[C@]23C#N)cc(OC)c1OC. The molecule has 1 fully saturated rings. The van der Waals surface area contributed by atoms with Gasteiger partial charge in [-0.15, -0.1) is 0 Å². The third-order valence-corrected chi connectivity index (χ3v) is 5.50. The minimum atomic E-state index is -1.69. The van der Waals surface area contributed by atoms with Gasteiger partial charge in [-0.25, -0.2) is 4.99 Å². The second-order valence-electron chi connectivity index (χ2n) is 6.22. The Bertz CT molecular complexity index is 873. The summed E-state index contributed by atoms with van der Waals surface area (Å²) in [7, 11) is 7.18. The Balaban J connectivity index is 2.27. The maximum atomic E-state index is 10.1. The van der Waals surface area contributed by atoms with Gasteiger partial charge < -0.3 is 29.4 Å². The number of hydrogen-bond donors (Lipinski definition) is 1. The number of ether oxygens (including phenoxy) is 5. The monoisotopic (exact) mass is 372 g/mol. The Morgan fingerprint density at radius 3 is 1.89 bits per heavy atom. The summed E-state index contributed by atoms with van der Waals surface area (Å²) in [5.74, 6) is -1.16. The summed E-state index contributed by atoms with van der Waals surface area (Å²) in [6, 6.07) is 7.75. The molecule has 9 nitrogen and oxygen atoms in total. The Labute approximate surface area is 156 Å². The first-order valence-corrected chi connectivity index (χ1v) is 8.02. The van der Waals surface area contributed by atoms with E-state index in [0.29, 0.717) is 22.8 Å². The van der Waals surface area contributed by atoms with Crippen LogP contribution in [0.1, 0.15) is 11.5 Å². The van der Waals surface area contributed by atoms with Gasteiger partial charge in [-0.2, -0.15) is 10.5 Å². The van der Waals surface area contributed by atoms with E-state index in [1.165, 1.54) is 35.5 Å². The zero-order valence-corrected chi connectivity index (χ0v) is 15.7. The van der Waals surface area contributed by atoms with Crippen molar-refractivity contribution in [1.29, 1.82) is 10.5 Å². The van der Waals surface area contributed by atoms with E-state index in [1.54, 1.807) is 12.1 Å². The first-order valence-electron chi connectivity index (χ1n) is 8.02. The van der Waals surface area contributed by atoms with Crippen molar-refractivity contribution >= 4 is 5.84 Å². The summed E-state index contributed by atoms with van der Waals surface area (Å²) in [4.78, 5) is 4.19. The van der Waals surface area contributed by atoms with Crippen LogP contribution in [0.15, 0.2) is 17.1 Å². The maximum Gasteiger partial charge on any atom is 0.292 e. The third kappa shape index (κ3) is 1.85. The highest BCUT2D eigenvalue weighted by Crippen LogP contribution is 2.82. The van der Waals surface area contributed by atoms with E-state index < -0.39 is 22.7 Å². The largest absolute Gasteiger partial charge is 0.493 e. The fraction of sp³-hybridized carbons (Fsp3) is 0.500. The van der Waals surface area contributed by atoms with Gasteiger partial charge in [0.15, 0.2) is 16.9 Å². The zero-order valence-electron chi connectivity index (χ0n) is 15.7. The first kappa shape index (κ1) is 18.8. The number of hydrogen-bond acceptors (Lipinski definition) is 9. The van der Waals surface area contributed by atoms with Crippen molar-refractivity contribution in [2.75, 3.05) is 35.5 Å². The van der Waals surface area contributed by atoms with E-state index >= 15 is 0 Å². The molecule has 1 aliphatic carbocycles. The molecule has 0 bridgehead atoms.